The molecule has 1 aromatic carbocycles. The Labute approximate surface area is 205 Å². The minimum Gasteiger partial charge on any atom is -0.748 e. The maximum atomic E-state index is 13.7. The van der Waals surface area contributed by atoms with Crippen molar-refractivity contribution in [3.63, 3.8) is 0 Å². The maximum Gasteiger partial charge on any atom is 0.516 e. The molecule has 0 amide bonds. The molecule has 218 valence electrons. The van der Waals surface area contributed by atoms with Crippen LogP contribution in [0.1, 0.15) is 0 Å². The summed E-state index contributed by atoms with van der Waals surface area (Å²) in [6.07, 6.45) is -7.15. The molecule has 0 radical (unpaired) electrons. The molecule has 0 N–H and O–H groups in total. The molecule has 0 bridgehead atoms. The number of rotatable bonds is 8. The van der Waals surface area contributed by atoms with Crippen molar-refractivity contribution in [3.8, 4) is 0 Å². The second-order valence-corrected chi connectivity index (χ2v) is 11.1. The Kier molecular flexibility index (Phi) is 9.96. The molecule has 0 atom stereocenters. The summed E-state index contributed by atoms with van der Waals surface area (Å²) in [7, 11) is -3.92. The highest BCUT2D eigenvalue weighted by molar-refractivity contribution is 7.84. The van der Waals surface area contributed by atoms with Crippen molar-refractivity contribution >= 4 is 10.1 Å². The van der Waals surface area contributed by atoms with Crippen LogP contribution in [0.2, 0.25) is 0 Å². The molecule has 0 heterocycles. The van der Waals surface area contributed by atoms with Crippen LogP contribution < -0.4 is 21.2 Å². The zero-order chi connectivity index (χ0) is 30.3. The van der Waals surface area contributed by atoms with E-state index in [1.807, 2.05) is 0 Å². The van der Waals surface area contributed by atoms with Gasteiger partial charge in [0.15, 0.2) is 3.57 Å². The lowest BCUT2D eigenvalue weighted by molar-refractivity contribution is -0.790. The van der Waals surface area contributed by atoms with Crippen LogP contribution in [0.5, 0.6) is 0 Å². The summed E-state index contributed by atoms with van der Waals surface area (Å²) in [6.45, 7) is 0. The third-order valence-electron chi connectivity index (χ3n) is 3.64. The smallest absolute Gasteiger partial charge is 0.516 e. The Balaban J connectivity index is 0.00000235. The SMILES string of the molecule is CS(=O)(=O)[O-].FC(F)(F)C(F)(F)C(F)(F)C(F)(F)C(F)(F)C(F)(F)C(F)(F)C(F)(F)[I+]c1ccccc1. The first-order valence-corrected chi connectivity index (χ1v) is 12.1. The molecular formula is C15H8F17IO3S. The van der Waals surface area contributed by atoms with E-state index in [-0.39, 0.29) is 0 Å². The van der Waals surface area contributed by atoms with Gasteiger partial charge in [-0.1, -0.05) is 18.2 Å². The fourth-order valence-electron chi connectivity index (χ4n) is 1.82. The van der Waals surface area contributed by atoms with Crippen molar-refractivity contribution in [1.82, 2.24) is 0 Å². The van der Waals surface area contributed by atoms with Gasteiger partial charge in [0.2, 0.25) is 0 Å². The van der Waals surface area contributed by atoms with E-state index in [9.17, 15) is 74.6 Å². The largest absolute Gasteiger partial charge is 0.748 e. The zero-order valence-electron chi connectivity index (χ0n) is 16.8. The van der Waals surface area contributed by atoms with Gasteiger partial charge >= 0.3 is 66.8 Å². The van der Waals surface area contributed by atoms with Crippen LogP contribution >= 0.6 is 0 Å². The average Bonchev–Trinajstić information content (AvgIpc) is 2.65. The Hall–Kier alpha value is -1.33. The van der Waals surface area contributed by atoms with E-state index in [2.05, 4.69) is 0 Å². The summed E-state index contributed by atoms with van der Waals surface area (Å²) < 4.78 is 243. The monoisotopic (exact) mass is 718 g/mol. The van der Waals surface area contributed by atoms with Crippen LogP contribution in [0.15, 0.2) is 30.3 Å². The third kappa shape index (κ3) is 6.64. The van der Waals surface area contributed by atoms with Gasteiger partial charge in [-0.2, -0.15) is 74.6 Å². The fourth-order valence-corrected chi connectivity index (χ4v) is 4.05. The van der Waals surface area contributed by atoms with E-state index in [4.69, 9.17) is 13.0 Å². The van der Waals surface area contributed by atoms with E-state index >= 15 is 0 Å². The predicted octanol–water partition coefficient (Wildman–Crippen LogP) is 3.07. The summed E-state index contributed by atoms with van der Waals surface area (Å²) >= 11 is -3.79. The Morgan fingerprint density at radius 3 is 1.14 bits per heavy atom. The summed E-state index contributed by atoms with van der Waals surface area (Å²) in [6, 6.07) is 4.05. The quantitative estimate of drug-likeness (QED) is 0.180. The third-order valence-corrected chi connectivity index (χ3v) is 6.34. The van der Waals surface area contributed by atoms with Crippen molar-refractivity contribution in [2.75, 3.05) is 6.26 Å². The van der Waals surface area contributed by atoms with Crippen LogP contribution in [-0.2, 0) is 10.1 Å². The second kappa shape index (κ2) is 10.3. The second-order valence-electron chi connectivity index (χ2n) is 6.54. The molecule has 0 aliphatic carbocycles. The topological polar surface area (TPSA) is 57.2 Å². The van der Waals surface area contributed by atoms with Gasteiger partial charge in [-0.05, 0) is 12.1 Å². The van der Waals surface area contributed by atoms with Crippen molar-refractivity contribution in [2.24, 2.45) is 0 Å². The van der Waals surface area contributed by atoms with Crippen molar-refractivity contribution < 1.29 is 109 Å². The number of hydrogen-bond acceptors (Lipinski definition) is 3. The summed E-state index contributed by atoms with van der Waals surface area (Å²) in [4.78, 5) is 0. The lowest BCUT2D eigenvalue weighted by Gasteiger charge is -2.41. The molecule has 0 aromatic heterocycles. The molecule has 0 saturated carbocycles. The average molecular weight is 718 g/mol. The lowest BCUT2D eigenvalue weighted by Crippen LogP contribution is -3.68. The van der Waals surface area contributed by atoms with Crippen molar-refractivity contribution in [2.45, 2.75) is 45.6 Å². The van der Waals surface area contributed by atoms with Crippen molar-refractivity contribution in [1.29, 1.82) is 0 Å². The summed E-state index contributed by atoms with van der Waals surface area (Å²) in [5.74, 6) is -49.6. The van der Waals surface area contributed by atoms with Gasteiger partial charge in [0, 0.05) is 6.26 Å². The Morgan fingerprint density at radius 1 is 0.568 bits per heavy atom. The predicted molar refractivity (Wildman–Crippen MR) is 81.4 cm³/mol. The molecular weight excluding hydrogens is 710 g/mol. The molecule has 0 unspecified atom stereocenters. The molecule has 1 rings (SSSR count). The van der Waals surface area contributed by atoms with Crippen LogP contribution in [0.3, 0.4) is 0 Å². The van der Waals surface area contributed by atoms with Gasteiger partial charge in [-0.25, -0.2) is 8.42 Å². The van der Waals surface area contributed by atoms with Crippen LogP contribution in [0, 0.1) is 3.57 Å². The Morgan fingerprint density at radius 2 is 0.838 bits per heavy atom. The van der Waals surface area contributed by atoms with E-state index in [1.165, 1.54) is 0 Å². The van der Waals surface area contributed by atoms with Crippen LogP contribution in [-0.4, -0.2) is 64.9 Å². The summed E-state index contributed by atoms with van der Waals surface area (Å²) in [5, 5.41) is 0. The molecule has 22 heteroatoms. The van der Waals surface area contributed by atoms with Gasteiger partial charge in [0.1, 0.15) is 0 Å². The minimum absolute atomic E-state index is 0.597. The standard InChI is InChI=1S/C14H5F17I.CH4O3S/c15-7(16,9(19,20)11(23,24)13(27,28)29)8(17,18)10(21,22)12(25,26)14(30,31)32-6-4-2-1-3-5-6;1-5(2,3)4/h1-5H;1H3,(H,2,3,4)/q+1;/p-1. The fraction of sp³-hybridized carbons (Fsp3) is 0.600. The van der Waals surface area contributed by atoms with E-state index < -0.39 is 80.5 Å². The zero-order valence-corrected chi connectivity index (χ0v) is 19.8. The summed E-state index contributed by atoms with van der Waals surface area (Å²) in [5.41, 5.74) is 0. The molecule has 0 spiro atoms. The maximum absolute atomic E-state index is 13.7. The van der Waals surface area contributed by atoms with Crippen molar-refractivity contribution in [3.05, 3.63) is 33.9 Å². The Bertz CT molecular complexity index is 1010. The normalized spacial score (nSPS) is 15.2. The van der Waals surface area contributed by atoms with Gasteiger partial charge in [-0.15, -0.1) is 0 Å². The van der Waals surface area contributed by atoms with Crippen LogP contribution in [0.4, 0.5) is 74.6 Å². The molecule has 0 aliphatic heterocycles. The first kappa shape index (κ1) is 35.7. The van der Waals surface area contributed by atoms with E-state index in [0.29, 0.717) is 18.4 Å². The molecule has 37 heavy (non-hydrogen) atoms. The molecule has 0 aliphatic rings. The van der Waals surface area contributed by atoms with Gasteiger partial charge in [-0.3, -0.25) is 0 Å². The van der Waals surface area contributed by atoms with E-state index in [0.717, 1.165) is 18.2 Å². The first-order valence-electron chi connectivity index (χ1n) is 8.16. The molecule has 0 fully saturated rings. The highest BCUT2D eigenvalue weighted by atomic mass is 127. The van der Waals surface area contributed by atoms with Gasteiger partial charge < -0.3 is 4.55 Å². The van der Waals surface area contributed by atoms with Crippen LogP contribution in [0.25, 0.3) is 0 Å². The van der Waals surface area contributed by atoms with E-state index in [1.54, 1.807) is 0 Å². The van der Waals surface area contributed by atoms with Gasteiger partial charge in [0.05, 0.1) is 10.1 Å². The lowest BCUT2D eigenvalue weighted by atomic mass is 9.91. The van der Waals surface area contributed by atoms with Gasteiger partial charge in [0.25, 0.3) is 0 Å². The highest BCUT2D eigenvalue weighted by Crippen LogP contribution is 2.63. The number of alkyl halides is 18. The highest BCUT2D eigenvalue weighted by Gasteiger charge is 2.97. The first-order chi connectivity index (χ1) is 15.8. The molecule has 0 saturated heterocycles. The number of hydrogen-bond donors (Lipinski definition) is 0. The minimum atomic E-state index is -8.59. The number of benzene rings is 1. The molecule has 3 nitrogen and oxygen atoms in total. The molecule has 1 aromatic rings. The number of halogens is 18.